The lowest BCUT2D eigenvalue weighted by Gasteiger charge is -2.15. The molecule has 0 saturated carbocycles. The van der Waals surface area contributed by atoms with Gasteiger partial charge in [0.15, 0.2) is 0 Å². The van der Waals surface area contributed by atoms with Crippen molar-refractivity contribution in [1.29, 1.82) is 0 Å². The third kappa shape index (κ3) is 5.48. The van der Waals surface area contributed by atoms with Gasteiger partial charge in [-0.1, -0.05) is 12.1 Å². The van der Waals surface area contributed by atoms with Crippen molar-refractivity contribution < 1.29 is 35.6 Å². The van der Waals surface area contributed by atoms with Gasteiger partial charge in [0.25, 0.3) is 5.91 Å². The van der Waals surface area contributed by atoms with Crippen molar-refractivity contribution in [3.63, 3.8) is 0 Å². The van der Waals surface area contributed by atoms with Crippen LogP contribution in [0.15, 0.2) is 70.5 Å². The van der Waals surface area contributed by atoms with Gasteiger partial charge in [0, 0.05) is 17.8 Å². The van der Waals surface area contributed by atoms with E-state index in [4.69, 9.17) is 10.2 Å². The van der Waals surface area contributed by atoms with Crippen molar-refractivity contribution in [1.82, 2.24) is 0 Å². The summed E-state index contributed by atoms with van der Waals surface area (Å²) in [4.78, 5) is 15.8. The van der Waals surface area contributed by atoms with Crippen LogP contribution in [0.3, 0.4) is 0 Å². The molecule has 32 heavy (non-hydrogen) atoms. The standard InChI is InChI=1S/C21H15F6N3O2/c22-20(23,24)14-3-1-12(2-4-14)10-29-17-9-15(21(25,26)27)5-6-16(17)18(28)30-19(31)13-7-8-32-11-13/h1-9,11,29H,10H2,(H2,28,30,31). The third-order valence-electron chi connectivity index (χ3n) is 4.38. The van der Waals surface area contributed by atoms with Crippen LogP contribution in [0.25, 0.3) is 0 Å². The maximum Gasteiger partial charge on any atom is 0.416 e. The summed E-state index contributed by atoms with van der Waals surface area (Å²) in [6, 6.07) is 8.08. The molecule has 3 aromatic rings. The number of rotatable bonds is 5. The number of aliphatic imine (C=N–C) groups is 1. The van der Waals surface area contributed by atoms with Crippen LogP contribution in [0.5, 0.6) is 0 Å². The molecule has 0 atom stereocenters. The zero-order valence-corrected chi connectivity index (χ0v) is 16.1. The number of hydrogen-bond acceptors (Lipinski definition) is 3. The van der Waals surface area contributed by atoms with Crippen molar-refractivity contribution in [3.8, 4) is 0 Å². The van der Waals surface area contributed by atoms with Gasteiger partial charge in [0.1, 0.15) is 12.1 Å². The van der Waals surface area contributed by atoms with Crippen LogP contribution >= 0.6 is 0 Å². The van der Waals surface area contributed by atoms with E-state index in [1.807, 2.05) is 0 Å². The fourth-order valence-corrected chi connectivity index (χ4v) is 2.72. The number of carbonyl (C=O) groups is 1. The molecule has 2 aromatic carbocycles. The molecule has 1 aromatic heterocycles. The van der Waals surface area contributed by atoms with E-state index in [0.717, 1.165) is 36.6 Å². The Morgan fingerprint density at radius 2 is 1.56 bits per heavy atom. The summed E-state index contributed by atoms with van der Waals surface area (Å²) in [5.74, 6) is -1.11. The normalized spacial score (nSPS) is 12.6. The van der Waals surface area contributed by atoms with Crippen LogP contribution in [0.1, 0.15) is 32.6 Å². The summed E-state index contributed by atoms with van der Waals surface area (Å²) < 4.78 is 82.3. The second-order valence-corrected chi connectivity index (χ2v) is 6.62. The number of halogens is 6. The van der Waals surface area contributed by atoms with Gasteiger partial charge < -0.3 is 15.5 Å². The van der Waals surface area contributed by atoms with Crippen LogP contribution in [-0.2, 0) is 18.9 Å². The Morgan fingerprint density at radius 1 is 0.938 bits per heavy atom. The molecular weight excluding hydrogens is 440 g/mol. The highest BCUT2D eigenvalue weighted by Gasteiger charge is 2.32. The second kappa shape index (κ2) is 8.77. The molecule has 3 N–H and O–H groups in total. The summed E-state index contributed by atoms with van der Waals surface area (Å²) in [5.41, 5.74) is 4.41. The lowest BCUT2D eigenvalue weighted by molar-refractivity contribution is -0.138. The average molecular weight is 455 g/mol. The number of benzene rings is 2. The number of amidine groups is 1. The predicted octanol–water partition coefficient (Wildman–Crippen LogP) is 5.48. The first-order valence-corrected chi connectivity index (χ1v) is 8.97. The highest BCUT2D eigenvalue weighted by molar-refractivity contribution is 6.11. The number of hydrogen-bond donors (Lipinski definition) is 2. The Morgan fingerprint density at radius 3 is 2.12 bits per heavy atom. The van der Waals surface area contributed by atoms with Crippen molar-refractivity contribution in [2.24, 2.45) is 10.7 Å². The van der Waals surface area contributed by atoms with E-state index in [-0.39, 0.29) is 29.2 Å². The van der Waals surface area contributed by atoms with Crippen molar-refractivity contribution in [2.45, 2.75) is 18.9 Å². The second-order valence-electron chi connectivity index (χ2n) is 6.62. The van der Waals surface area contributed by atoms with E-state index in [1.54, 1.807) is 0 Å². The largest absolute Gasteiger partial charge is 0.472 e. The predicted molar refractivity (Wildman–Crippen MR) is 104 cm³/mol. The van der Waals surface area contributed by atoms with Gasteiger partial charge in [-0.15, -0.1) is 0 Å². The van der Waals surface area contributed by atoms with Gasteiger partial charge in [-0.3, -0.25) is 4.79 Å². The number of carbonyl (C=O) groups excluding carboxylic acids is 1. The first-order chi connectivity index (χ1) is 14.9. The average Bonchev–Trinajstić information content (AvgIpc) is 3.26. The molecule has 0 aliphatic rings. The number of nitrogens with two attached hydrogens (primary N) is 1. The quantitative estimate of drug-likeness (QED) is 0.304. The Hall–Kier alpha value is -3.76. The highest BCUT2D eigenvalue weighted by Crippen LogP contribution is 2.33. The monoisotopic (exact) mass is 455 g/mol. The van der Waals surface area contributed by atoms with E-state index < -0.39 is 29.4 Å². The molecule has 0 aliphatic heterocycles. The maximum atomic E-state index is 13.2. The smallest absolute Gasteiger partial charge is 0.416 e. The molecule has 1 amide bonds. The number of nitrogens with one attached hydrogen (secondary N) is 1. The highest BCUT2D eigenvalue weighted by atomic mass is 19.4. The fraction of sp³-hybridized carbons (Fsp3) is 0.143. The van der Waals surface area contributed by atoms with E-state index in [0.29, 0.717) is 5.56 Å². The number of anilines is 1. The molecule has 3 rings (SSSR count). The molecule has 0 aliphatic carbocycles. The van der Waals surface area contributed by atoms with Gasteiger partial charge in [-0.2, -0.15) is 31.3 Å². The molecule has 168 valence electrons. The molecule has 11 heteroatoms. The van der Waals surface area contributed by atoms with Gasteiger partial charge in [-0.05, 0) is 42.0 Å². The first-order valence-electron chi connectivity index (χ1n) is 8.97. The van der Waals surface area contributed by atoms with Crippen molar-refractivity contribution in [3.05, 3.63) is 88.9 Å². The van der Waals surface area contributed by atoms with E-state index >= 15 is 0 Å². The molecule has 0 spiro atoms. The molecule has 0 unspecified atom stereocenters. The first kappa shape index (κ1) is 22.9. The topological polar surface area (TPSA) is 80.6 Å². The van der Waals surface area contributed by atoms with Gasteiger partial charge in [-0.25, -0.2) is 0 Å². The molecule has 0 fully saturated rings. The summed E-state index contributed by atoms with van der Waals surface area (Å²) in [6.45, 7) is -0.102. The number of nitrogens with zero attached hydrogens (tertiary/aromatic N) is 1. The zero-order valence-electron chi connectivity index (χ0n) is 16.1. The zero-order chi connectivity index (χ0) is 23.5. The number of alkyl halides is 6. The van der Waals surface area contributed by atoms with E-state index in [9.17, 15) is 31.1 Å². The number of amides is 1. The van der Waals surface area contributed by atoms with Crippen LogP contribution in [0.2, 0.25) is 0 Å². The summed E-state index contributed by atoms with van der Waals surface area (Å²) in [6.07, 6.45) is -6.78. The minimum Gasteiger partial charge on any atom is -0.472 e. The Kier molecular flexibility index (Phi) is 6.28. The lowest BCUT2D eigenvalue weighted by Crippen LogP contribution is -2.19. The van der Waals surface area contributed by atoms with Gasteiger partial charge in [0.05, 0.1) is 23.0 Å². The van der Waals surface area contributed by atoms with E-state index in [1.165, 1.54) is 24.5 Å². The summed E-state index contributed by atoms with van der Waals surface area (Å²) >= 11 is 0. The Bertz CT molecular complexity index is 1120. The molecule has 0 bridgehead atoms. The summed E-state index contributed by atoms with van der Waals surface area (Å²) in [7, 11) is 0. The van der Waals surface area contributed by atoms with Crippen LogP contribution in [0, 0.1) is 0 Å². The minimum atomic E-state index is -4.65. The molecule has 1 heterocycles. The minimum absolute atomic E-state index is 0.0155. The third-order valence-corrected chi connectivity index (χ3v) is 4.38. The molecule has 0 radical (unpaired) electrons. The SMILES string of the molecule is NC(=NC(=O)c1ccoc1)c1ccc(C(F)(F)F)cc1NCc1ccc(C(F)(F)F)cc1. The molecule has 0 saturated heterocycles. The Labute approximate surface area is 177 Å². The summed E-state index contributed by atoms with van der Waals surface area (Å²) in [5, 5.41) is 2.72. The molecule has 5 nitrogen and oxygen atoms in total. The van der Waals surface area contributed by atoms with Crippen molar-refractivity contribution in [2.75, 3.05) is 5.32 Å². The van der Waals surface area contributed by atoms with Crippen LogP contribution in [0.4, 0.5) is 32.0 Å². The molecular formula is C21H15F6N3O2. The fourth-order valence-electron chi connectivity index (χ4n) is 2.72. The Balaban J connectivity index is 1.89. The van der Waals surface area contributed by atoms with Crippen LogP contribution in [-0.4, -0.2) is 11.7 Å². The van der Waals surface area contributed by atoms with Crippen molar-refractivity contribution >= 4 is 17.4 Å². The van der Waals surface area contributed by atoms with Gasteiger partial charge in [0.2, 0.25) is 0 Å². The number of furan rings is 1. The lowest BCUT2D eigenvalue weighted by atomic mass is 10.1. The maximum absolute atomic E-state index is 13.2. The van der Waals surface area contributed by atoms with Crippen LogP contribution < -0.4 is 11.1 Å². The van der Waals surface area contributed by atoms with E-state index in [2.05, 4.69) is 10.3 Å². The van der Waals surface area contributed by atoms with Gasteiger partial charge >= 0.3 is 12.4 Å².